The number of carbonyl (C=O) groups is 2. The molecular weight excluding hydrogens is 429 g/mol. The van der Waals surface area contributed by atoms with Gasteiger partial charge in [-0.05, 0) is 45.8 Å². The van der Waals surface area contributed by atoms with Crippen molar-refractivity contribution in [1.29, 1.82) is 0 Å². The van der Waals surface area contributed by atoms with Gasteiger partial charge in [-0.25, -0.2) is 4.39 Å². The van der Waals surface area contributed by atoms with Crippen LogP contribution in [0.2, 0.25) is 5.02 Å². The number of aromatic nitrogens is 1. The number of rotatable bonds is 4. The van der Waals surface area contributed by atoms with Crippen LogP contribution in [0.1, 0.15) is 12.0 Å². The Morgan fingerprint density at radius 3 is 2.88 bits per heavy atom. The first kappa shape index (κ1) is 18.6. The van der Waals surface area contributed by atoms with E-state index in [9.17, 15) is 18.8 Å². The van der Waals surface area contributed by atoms with Crippen LogP contribution in [0.25, 0.3) is 0 Å². The summed E-state index contributed by atoms with van der Waals surface area (Å²) in [7, 11) is 0. The Labute approximate surface area is 161 Å². The van der Waals surface area contributed by atoms with Crippen molar-refractivity contribution in [3.05, 3.63) is 61.7 Å². The fraction of sp³-hybridized carbons (Fsp3) is 0.235. The SMILES string of the molecule is O=C(Cc1cc[nH]c(=O)c1Br)NC1CC(=O)N(c2ccc(Cl)c(F)c2)C1. The third-order valence-electron chi connectivity index (χ3n) is 4.04. The summed E-state index contributed by atoms with van der Waals surface area (Å²) in [6, 6.07) is 5.37. The molecule has 1 aliphatic rings. The summed E-state index contributed by atoms with van der Waals surface area (Å²) < 4.78 is 13.9. The minimum atomic E-state index is -0.608. The van der Waals surface area contributed by atoms with Gasteiger partial charge in [0.2, 0.25) is 11.8 Å². The van der Waals surface area contributed by atoms with Crippen molar-refractivity contribution in [3.63, 3.8) is 0 Å². The molecule has 0 aliphatic carbocycles. The molecule has 2 aromatic rings. The molecule has 2 amide bonds. The largest absolute Gasteiger partial charge is 0.351 e. The molecule has 1 fully saturated rings. The first-order valence-electron chi connectivity index (χ1n) is 7.76. The zero-order valence-electron chi connectivity index (χ0n) is 13.4. The number of nitrogens with zero attached hydrogens (tertiary/aromatic N) is 1. The van der Waals surface area contributed by atoms with Gasteiger partial charge < -0.3 is 15.2 Å². The first-order valence-corrected chi connectivity index (χ1v) is 8.93. The number of H-pyrrole nitrogens is 1. The molecule has 1 aromatic heterocycles. The molecule has 0 saturated carbocycles. The molecule has 26 heavy (non-hydrogen) atoms. The summed E-state index contributed by atoms with van der Waals surface area (Å²) in [5.74, 6) is -1.13. The number of carbonyl (C=O) groups excluding carboxylic acids is 2. The van der Waals surface area contributed by atoms with Crippen molar-refractivity contribution in [1.82, 2.24) is 10.3 Å². The van der Waals surface area contributed by atoms with Gasteiger partial charge >= 0.3 is 0 Å². The van der Waals surface area contributed by atoms with Crippen molar-refractivity contribution >= 4 is 45.0 Å². The van der Waals surface area contributed by atoms with E-state index in [0.717, 1.165) is 0 Å². The lowest BCUT2D eigenvalue weighted by molar-refractivity contribution is -0.121. The van der Waals surface area contributed by atoms with E-state index in [0.29, 0.717) is 15.7 Å². The van der Waals surface area contributed by atoms with Crippen molar-refractivity contribution in [3.8, 4) is 0 Å². The Morgan fingerprint density at radius 1 is 1.38 bits per heavy atom. The maximum atomic E-state index is 13.6. The van der Waals surface area contributed by atoms with E-state index in [-0.39, 0.29) is 41.8 Å². The van der Waals surface area contributed by atoms with Crippen molar-refractivity contribution in [2.75, 3.05) is 11.4 Å². The minimum absolute atomic E-state index is 0.00473. The number of benzene rings is 1. The third kappa shape index (κ3) is 3.96. The summed E-state index contributed by atoms with van der Waals surface area (Å²) in [6.45, 7) is 0.238. The molecule has 1 unspecified atom stereocenters. The quantitative estimate of drug-likeness (QED) is 0.763. The van der Waals surface area contributed by atoms with E-state index in [4.69, 9.17) is 11.6 Å². The van der Waals surface area contributed by atoms with Gasteiger partial charge in [-0.2, -0.15) is 0 Å². The third-order valence-corrected chi connectivity index (χ3v) is 5.21. The van der Waals surface area contributed by atoms with E-state index in [1.54, 1.807) is 12.1 Å². The van der Waals surface area contributed by atoms with Crippen LogP contribution in [-0.4, -0.2) is 29.4 Å². The van der Waals surface area contributed by atoms with Gasteiger partial charge in [-0.15, -0.1) is 0 Å². The Morgan fingerprint density at radius 2 is 2.15 bits per heavy atom. The Kier molecular flexibility index (Phi) is 5.43. The van der Waals surface area contributed by atoms with Crippen LogP contribution in [0.4, 0.5) is 10.1 Å². The fourth-order valence-electron chi connectivity index (χ4n) is 2.80. The number of nitrogens with one attached hydrogen (secondary N) is 2. The number of hydrogen-bond acceptors (Lipinski definition) is 3. The van der Waals surface area contributed by atoms with Gasteiger partial charge in [0.15, 0.2) is 0 Å². The lowest BCUT2D eigenvalue weighted by atomic mass is 10.1. The van der Waals surface area contributed by atoms with Crippen LogP contribution in [-0.2, 0) is 16.0 Å². The van der Waals surface area contributed by atoms with Crippen LogP contribution in [0, 0.1) is 5.82 Å². The number of halogens is 3. The second-order valence-electron chi connectivity index (χ2n) is 5.89. The van der Waals surface area contributed by atoms with Gasteiger partial charge in [0.25, 0.3) is 5.56 Å². The highest BCUT2D eigenvalue weighted by Gasteiger charge is 2.32. The predicted octanol–water partition coefficient (Wildman–Crippen LogP) is 2.39. The highest BCUT2D eigenvalue weighted by molar-refractivity contribution is 9.10. The topological polar surface area (TPSA) is 82.3 Å². The van der Waals surface area contributed by atoms with Gasteiger partial charge in [0.1, 0.15) is 5.82 Å². The standard InChI is InChI=1S/C17H14BrClFN3O3/c18-16-9(3-4-21-17(16)26)5-14(24)22-10-6-15(25)23(8-10)11-1-2-12(19)13(20)7-11/h1-4,7,10H,5-6,8H2,(H,21,26)(H,22,24). The van der Waals surface area contributed by atoms with Crippen LogP contribution in [0.15, 0.2) is 39.7 Å². The second kappa shape index (κ2) is 7.59. The highest BCUT2D eigenvalue weighted by atomic mass is 79.9. The summed E-state index contributed by atoms with van der Waals surface area (Å²) >= 11 is 8.81. The summed E-state index contributed by atoms with van der Waals surface area (Å²) in [5, 5.41) is 2.76. The molecule has 1 saturated heterocycles. The highest BCUT2D eigenvalue weighted by Crippen LogP contribution is 2.25. The zero-order valence-corrected chi connectivity index (χ0v) is 15.7. The Balaban J connectivity index is 1.65. The molecule has 1 aliphatic heterocycles. The van der Waals surface area contributed by atoms with Crippen LogP contribution >= 0.6 is 27.5 Å². The summed E-state index contributed by atoms with van der Waals surface area (Å²) in [4.78, 5) is 39.9. The maximum absolute atomic E-state index is 13.6. The normalized spacial score (nSPS) is 16.8. The molecular formula is C17H14BrClFN3O3. The molecule has 9 heteroatoms. The number of pyridine rings is 1. The van der Waals surface area contributed by atoms with E-state index in [1.165, 1.54) is 23.2 Å². The van der Waals surface area contributed by atoms with Crippen molar-refractivity contribution in [2.24, 2.45) is 0 Å². The Hall–Kier alpha value is -2.19. The molecule has 1 atom stereocenters. The monoisotopic (exact) mass is 441 g/mol. The molecule has 0 bridgehead atoms. The summed E-state index contributed by atoms with van der Waals surface area (Å²) in [5.41, 5.74) is 0.625. The molecule has 136 valence electrons. The average Bonchev–Trinajstić information content (AvgIpc) is 2.94. The van der Waals surface area contributed by atoms with E-state index in [2.05, 4.69) is 26.2 Å². The number of aromatic amines is 1. The summed E-state index contributed by atoms with van der Waals surface area (Å²) in [6.07, 6.45) is 1.59. The zero-order chi connectivity index (χ0) is 18.8. The number of anilines is 1. The van der Waals surface area contributed by atoms with E-state index in [1.807, 2.05) is 0 Å². The molecule has 6 nitrogen and oxygen atoms in total. The van der Waals surface area contributed by atoms with E-state index < -0.39 is 11.9 Å². The Bertz CT molecular complexity index is 934. The van der Waals surface area contributed by atoms with Gasteiger partial charge in [-0.3, -0.25) is 14.4 Å². The van der Waals surface area contributed by atoms with Gasteiger partial charge in [0, 0.05) is 24.8 Å². The maximum Gasteiger partial charge on any atom is 0.262 e. The molecule has 2 heterocycles. The van der Waals surface area contributed by atoms with Gasteiger partial charge in [-0.1, -0.05) is 11.6 Å². The molecule has 1 aromatic carbocycles. The lowest BCUT2D eigenvalue weighted by Crippen LogP contribution is -2.38. The average molecular weight is 443 g/mol. The van der Waals surface area contributed by atoms with Crippen molar-refractivity contribution < 1.29 is 14.0 Å². The fourth-order valence-corrected chi connectivity index (χ4v) is 3.30. The molecule has 2 N–H and O–H groups in total. The molecule has 0 radical (unpaired) electrons. The van der Waals surface area contributed by atoms with Crippen LogP contribution in [0.3, 0.4) is 0 Å². The van der Waals surface area contributed by atoms with Gasteiger partial charge in [0.05, 0.1) is 22.0 Å². The second-order valence-corrected chi connectivity index (χ2v) is 7.09. The number of amides is 2. The molecule has 3 rings (SSSR count). The minimum Gasteiger partial charge on any atom is -0.351 e. The lowest BCUT2D eigenvalue weighted by Gasteiger charge is -2.17. The molecule has 0 spiro atoms. The smallest absolute Gasteiger partial charge is 0.262 e. The van der Waals surface area contributed by atoms with Crippen LogP contribution < -0.4 is 15.8 Å². The van der Waals surface area contributed by atoms with Crippen molar-refractivity contribution in [2.45, 2.75) is 18.9 Å². The van der Waals surface area contributed by atoms with Crippen LogP contribution in [0.5, 0.6) is 0 Å². The first-order chi connectivity index (χ1) is 12.3. The number of hydrogen-bond donors (Lipinski definition) is 2. The predicted molar refractivity (Wildman–Crippen MR) is 98.8 cm³/mol. The van der Waals surface area contributed by atoms with E-state index >= 15 is 0 Å².